The molecule has 0 unspecified atom stereocenters. The molecular formula is C12H16ClNO3S. The van der Waals surface area contributed by atoms with Gasteiger partial charge in [-0.2, -0.15) is 11.8 Å². The minimum Gasteiger partial charge on any atom is -0.481 e. The number of halogens is 1. The summed E-state index contributed by atoms with van der Waals surface area (Å²) < 4.78 is 5.43. The molecule has 0 saturated heterocycles. The maximum atomic E-state index is 11.6. The molecule has 0 aliphatic rings. The SMILES string of the molecule is CSCCONC(=O)[C@H](C)Oc1ccc(Cl)cc1. The van der Waals surface area contributed by atoms with E-state index in [4.69, 9.17) is 21.2 Å². The van der Waals surface area contributed by atoms with Crippen molar-refractivity contribution in [3.05, 3.63) is 29.3 Å². The van der Waals surface area contributed by atoms with Gasteiger partial charge in [-0.3, -0.25) is 9.63 Å². The molecule has 1 atom stereocenters. The molecule has 1 aromatic rings. The van der Waals surface area contributed by atoms with Crippen LogP contribution in [0.1, 0.15) is 6.92 Å². The number of ether oxygens (including phenoxy) is 1. The summed E-state index contributed by atoms with van der Waals surface area (Å²) in [5, 5.41) is 0.625. The number of thioether (sulfide) groups is 1. The van der Waals surface area contributed by atoms with Gasteiger partial charge in [0.15, 0.2) is 6.10 Å². The molecule has 0 aliphatic carbocycles. The Balaban J connectivity index is 2.33. The second-order valence-corrected chi connectivity index (χ2v) is 4.94. The summed E-state index contributed by atoms with van der Waals surface area (Å²) in [5.41, 5.74) is 2.35. The molecule has 1 rings (SSSR count). The summed E-state index contributed by atoms with van der Waals surface area (Å²) in [7, 11) is 0. The van der Waals surface area contributed by atoms with Crippen LogP contribution in [0.2, 0.25) is 5.02 Å². The van der Waals surface area contributed by atoms with Crippen LogP contribution in [0.4, 0.5) is 0 Å². The smallest absolute Gasteiger partial charge is 0.284 e. The van der Waals surface area contributed by atoms with Gasteiger partial charge in [0.05, 0.1) is 6.61 Å². The van der Waals surface area contributed by atoms with E-state index in [2.05, 4.69) is 5.48 Å². The third kappa shape index (κ3) is 5.62. The van der Waals surface area contributed by atoms with E-state index in [0.717, 1.165) is 5.75 Å². The lowest BCUT2D eigenvalue weighted by molar-refractivity contribution is -0.139. The van der Waals surface area contributed by atoms with Crippen LogP contribution in [0.25, 0.3) is 0 Å². The van der Waals surface area contributed by atoms with Crippen LogP contribution in [0.5, 0.6) is 5.75 Å². The molecule has 1 N–H and O–H groups in total. The van der Waals surface area contributed by atoms with E-state index in [9.17, 15) is 4.79 Å². The summed E-state index contributed by atoms with van der Waals surface area (Å²) in [6, 6.07) is 6.83. The zero-order chi connectivity index (χ0) is 13.4. The summed E-state index contributed by atoms with van der Waals surface area (Å²) in [5.74, 6) is 1.10. The Kier molecular flexibility index (Phi) is 6.93. The Labute approximate surface area is 116 Å². The molecule has 0 fully saturated rings. The number of benzene rings is 1. The first-order chi connectivity index (χ1) is 8.63. The molecule has 18 heavy (non-hydrogen) atoms. The topological polar surface area (TPSA) is 47.6 Å². The number of hydrogen-bond donors (Lipinski definition) is 1. The molecule has 0 saturated carbocycles. The van der Waals surface area contributed by atoms with Crippen molar-refractivity contribution < 1.29 is 14.4 Å². The Morgan fingerprint density at radius 2 is 2.11 bits per heavy atom. The zero-order valence-corrected chi connectivity index (χ0v) is 11.9. The number of hydrogen-bond acceptors (Lipinski definition) is 4. The van der Waals surface area contributed by atoms with Crippen LogP contribution in [0.3, 0.4) is 0 Å². The molecule has 0 aromatic heterocycles. The van der Waals surface area contributed by atoms with Crippen LogP contribution in [-0.4, -0.2) is 30.6 Å². The van der Waals surface area contributed by atoms with Gasteiger partial charge >= 0.3 is 0 Å². The summed E-state index contributed by atoms with van der Waals surface area (Å²) in [4.78, 5) is 16.6. The van der Waals surface area contributed by atoms with Crippen molar-refractivity contribution in [3.8, 4) is 5.75 Å². The van der Waals surface area contributed by atoms with E-state index in [0.29, 0.717) is 17.4 Å². The predicted molar refractivity (Wildman–Crippen MR) is 74.0 cm³/mol. The average molecular weight is 290 g/mol. The van der Waals surface area contributed by atoms with Crippen molar-refractivity contribution in [1.29, 1.82) is 0 Å². The van der Waals surface area contributed by atoms with Gasteiger partial charge in [-0.05, 0) is 37.4 Å². The molecule has 0 aliphatic heterocycles. The fraction of sp³-hybridized carbons (Fsp3) is 0.417. The van der Waals surface area contributed by atoms with Crippen molar-refractivity contribution in [1.82, 2.24) is 5.48 Å². The van der Waals surface area contributed by atoms with Crippen LogP contribution >= 0.6 is 23.4 Å². The summed E-state index contributed by atoms with van der Waals surface area (Å²) in [6.07, 6.45) is 1.35. The highest BCUT2D eigenvalue weighted by Gasteiger charge is 2.14. The number of nitrogens with one attached hydrogen (secondary N) is 1. The largest absolute Gasteiger partial charge is 0.481 e. The minimum atomic E-state index is -0.625. The van der Waals surface area contributed by atoms with Crippen molar-refractivity contribution in [3.63, 3.8) is 0 Å². The molecule has 1 aromatic carbocycles. The molecule has 1 amide bonds. The second kappa shape index (κ2) is 8.24. The number of hydroxylamine groups is 1. The van der Waals surface area contributed by atoms with E-state index in [1.54, 1.807) is 43.0 Å². The van der Waals surface area contributed by atoms with Crippen molar-refractivity contribution in [2.75, 3.05) is 18.6 Å². The summed E-state index contributed by atoms with van der Waals surface area (Å²) >= 11 is 7.40. The second-order valence-electron chi connectivity index (χ2n) is 3.52. The molecule has 100 valence electrons. The Hall–Kier alpha value is -0.910. The fourth-order valence-electron chi connectivity index (χ4n) is 1.10. The standard InChI is InChI=1S/C12H16ClNO3S/c1-9(12(15)14-16-7-8-18-2)17-11-5-3-10(13)4-6-11/h3-6,9H,7-8H2,1-2H3,(H,14,15)/t9-/m0/s1. The van der Waals surface area contributed by atoms with Gasteiger partial charge in [-0.15, -0.1) is 0 Å². The Morgan fingerprint density at radius 1 is 1.44 bits per heavy atom. The minimum absolute atomic E-state index is 0.314. The van der Waals surface area contributed by atoms with E-state index in [1.807, 2.05) is 6.26 Å². The highest BCUT2D eigenvalue weighted by atomic mass is 35.5. The van der Waals surface area contributed by atoms with Gasteiger partial charge < -0.3 is 4.74 Å². The van der Waals surface area contributed by atoms with Gasteiger partial charge in [-0.25, -0.2) is 5.48 Å². The van der Waals surface area contributed by atoms with Crippen LogP contribution in [-0.2, 0) is 9.63 Å². The number of carbonyl (C=O) groups is 1. The lowest BCUT2D eigenvalue weighted by Crippen LogP contribution is -2.36. The molecule has 0 radical (unpaired) electrons. The van der Waals surface area contributed by atoms with E-state index < -0.39 is 6.10 Å². The molecular weight excluding hydrogens is 274 g/mol. The Bertz CT molecular complexity index is 372. The zero-order valence-electron chi connectivity index (χ0n) is 10.3. The van der Waals surface area contributed by atoms with Crippen molar-refractivity contribution in [2.24, 2.45) is 0 Å². The first kappa shape index (κ1) is 15.1. The molecule has 4 nitrogen and oxygen atoms in total. The molecule has 0 spiro atoms. The van der Waals surface area contributed by atoms with Crippen LogP contribution < -0.4 is 10.2 Å². The molecule has 6 heteroatoms. The van der Waals surface area contributed by atoms with Crippen LogP contribution in [0.15, 0.2) is 24.3 Å². The van der Waals surface area contributed by atoms with Gasteiger partial charge in [0, 0.05) is 10.8 Å². The Morgan fingerprint density at radius 3 is 2.72 bits per heavy atom. The third-order valence-corrected chi connectivity index (χ3v) is 2.88. The molecule has 0 bridgehead atoms. The van der Waals surface area contributed by atoms with Crippen LogP contribution in [0, 0.1) is 0 Å². The molecule has 0 heterocycles. The summed E-state index contributed by atoms with van der Waals surface area (Å²) in [6.45, 7) is 2.13. The lowest BCUT2D eigenvalue weighted by Gasteiger charge is -2.14. The van der Waals surface area contributed by atoms with Gasteiger partial charge in [0.2, 0.25) is 0 Å². The van der Waals surface area contributed by atoms with Crippen molar-refractivity contribution >= 4 is 29.3 Å². The highest BCUT2D eigenvalue weighted by Crippen LogP contribution is 2.16. The van der Waals surface area contributed by atoms with Gasteiger partial charge in [0.1, 0.15) is 5.75 Å². The fourth-order valence-corrected chi connectivity index (χ4v) is 1.48. The monoisotopic (exact) mass is 289 g/mol. The highest BCUT2D eigenvalue weighted by molar-refractivity contribution is 7.98. The number of carbonyl (C=O) groups excluding carboxylic acids is 1. The normalized spacial score (nSPS) is 11.9. The first-order valence-electron chi connectivity index (χ1n) is 5.46. The lowest BCUT2D eigenvalue weighted by atomic mass is 10.3. The predicted octanol–water partition coefficient (Wildman–Crippen LogP) is 2.52. The third-order valence-electron chi connectivity index (χ3n) is 2.06. The maximum Gasteiger partial charge on any atom is 0.284 e. The van der Waals surface area contributed by atoms with E-state index >= 15 is 0 Å². The number of rotatable bonds is 7. The van der Waals surface area contributed by atoms with E-state index in [1.165, 1.54) is 0 Å². The van der Waals surface area contributed by atoms with E-state index in [-0.39, 0.29) is 5.91 Å². The van der Waals surface area contributed by atoms with Gasteiger partial charge in [-0.1, -0.05) is 11.6 Å². The van der Waals surface area contributed by atoms with Crippen molar-refractivity contribution in [2.45, 2.75) is 13.0 Å². The van der Waals surface area contributed by atoms with Gasteiger partial charge in [0.25, 0.3) is 5.91 Å². The maximum absolute atomic E-state index is 11.6. The number of amides is 1. The first-order valence-corrected chi connectivity index (χ1v) is 7.23. The quantitative estimate of drug-likeness (QED) is 0.619. The average Bonchev–Trinajstić information content (AvgIpc) is 2.37.